The zero-order valence-electron chi connectivity index (χ0n) is 10.2. The summed E-state index contributed by atoms with van der Waals surface area (Å²) in [6, 6.07) is 2.17. The third kappa shape index (κ3) is 2.85. The van der Waals surface area contributed by atoms with Crippen molar-refractivity contribution in [3.05, 3.63) is 18.0 Å². The van der Waals surface area contributed by atoms with Crippen LogP contribution in [0.1, 0.15) is 31.5 Å². The highest BCUT2D eigenvalue weighted by atomic mass is 16.4. The number of hydrogen-bond donors (Lipinski definition) is 1. The molecule has 5 nitrogen and oxygen atoms in total. The van der Waals surface area contributed by atoms with Crippen molar-refractivity contribution in [3.63, 3.8) is 0 Å². The summed E-state index contributed by atoms with van der Waals surface area (Å²) >= 11 is 0. The van der Waals surface area contributed by atoms with Gasteiger partial charge in [-0.05, 0) is 25.5 Å². The molecule has 5 heteroatoms. The fourth-order valence-corrected chi connectivity index (χ4v) is 2.45. The molecule has 17 heavy (non-hydrogen) atoms. The van der Waals surface area contributed by atoms with E-state index in [0.29, 0.717) is 6.04 Å². The fraction of sp³-hybridized carbons (Fsp3) is 0.667. The molecule has 0 atom stereocenters. The maximum atomic E-state index is 10.8. The van der Waals surface area contributed by atoms with Gasteiger partial charge in [-0.15, -0.1) is 0 Å². The number of rotatable bonds is 4. The van der Waals surface area contributed by atoms with Gasteiger partial charge in [0.15, 0.2) is 0 Å². The van der Waals surface area contributed by atoms with Crippen molar-refractivity contribution in [2.75, 3.05) is 19.6 Å². The molecule has 2 heterocycles. The van der Waals surface area contributed by atoms with E-state index in [-0.39, 0.29) is 6.42 Å². The van der Waals surface area contributed by atoms with E-state index in [1.807, 2.05) is 4.68 Å². The molecule has 1 aromatic rings. The Morgan fingerprint density at radius 1 is 1.53 bits per heavy atom. The molecule has 1 aliphatic heterocycles. The van der Waals surface area contributed by atoms with E-state index < -0.39 is 5.97 Å². The fourth-order valence-electron chi connectivity index (χ4n) is 2.45. The van der Waals surface area contributed by atoms with E-state index in [0.717, 1.165) is 38.2 Å². The lowest BCUT2D eigenvalue weighted by Crippen LogP contribution is -2.35. The van der Waals surface area contributed by atoms with Crippen LogP contribution in [-0.2, 0) is 11.2 Å². The number of aliphatic carboxylic acids is 1. The highest BCUT2D eigenvalue weighted by Gasteiger charge is 2.22. The molecule has 0 amide bonds. The molecule has 0 aromatic carbocycles. The first-order valence-corrected chi connectivity index (χ1v) is 6.17. The van der Waals surface area contributed by atoms with Gasteiger partial charge in [0.2, 0.25) is 0 Å². The summed E-state index contributed by atoms with van der Waals surface area (Å²) in [5, 5.41) is 13.1. The lowest BCUT2D eigenvalue weighted by molar-refractivity contribution is -0.136. The van der Waals surface area contributed by atoms with E-state index >= 15 is 0 Å². The van der Waals surface area contributed by atoms with Crippen molar-refractivity contribution in [3.8, 4) is 0 Å². The molecule has 1 aromatic heterocycles. The molecule has 1 aliphatic rings. The lowest BCUT2D eigenvalue weighted by Gasteiger charge is -2.31. The van der Waals surface area contributed by atoms with Gasteiger partial charge in [-0.3, -0.25) is 9.48 Å². The van der Waals surface area contributed by atoms with Gasteiger partial charge in [0.25, 0.3) is 0 Å². The second-order valence-electron chi connectivity index (χ2n) is 4.50. The average Bonchev–Trinajstić information content (AvgIpc) is 2.76. The third-order valence-corrected chi connectivity index (χ3v) is 3.43. The minimum atomic E-state index is -0.794. The Bertz CT molecular complexity index is 381. The maximum Gasteiger partial charge on any atom is 0.309 e. The average molecular weight is 237 g/mol. The summed E-state index contributed by atoms with van der Waals surface area (Å²) in [7, 11) is 0. The van der Waals surface area contributed by atoms with Crippen molar-refractivity contribution in [2.24, 2.45) is 0 Å². The van der Waals surface area contributed by atoms with Crippen molar-refractivity contribution in [2.45, 2.75) is 32.2 Å². The second kappa shape index (κ2) is 5.31. The summed E-state index contributed by atoms with van der Waals surface area (Å²) < 4.78 is 1.90. The number of carboxylic acids is 1. The van der Waals surface area contributed by atoms with Gasteiger partial charge in [-0.25, -0.2) is 0 Å². The quantitative estimate of drug-likeness (QED) is 0.854. The molecule has 0 bridgehead atoms. The van der Waals surface area contributed by atoms with Crippen LogP contribution >= 0.6 is 0 Å². The Kier molecular flexibility index (Phi) is 3.78. The minimum absolute atomic E-state index is 0.0635. The van der Waals surface area contributed by atoms with Crippen molar-refractivity contribution in [1.29, 1.82) is 0 Å². The number of aromatic nitrogens is 2. The molecular formula is C12H19N3O2. The zero-order chi connectivity index (χ0) is 12.3. The maximum absolute atomic E-state index is 10.8. The van der Waals surface area contributed by atoms with Gasteiger partial charge in [0, 0.05) is 25.0 Å². The monoisotopic (exact) mass is 237 g/mol. The Hall–Kier alpha value is -1.36. The molecule has 1 fully saturated rings. The number of carboxylic acid groups (broad SMARTS) is 1. The van der Waals surface area contributed by atoms with Crippen LogP contribution in [0.15, 0.2) is 12.3 Å². The highest BCUT2D eigenvalue weighted by Crippen LogP contribution is 2.23. The van der Waals surface area contributed by atoms with Crippen LogP contribution in [0.2, 0.25) is 0 Å². The van der Waals surface area contributed by atoms with Crippen LogP contribution in [0.4, 0.5) is 0 Å². The molecule has 0 radical (unpaired) electrons. The van der Waals surface area contributed by atoms with Crippen molar-refractivity contribution < 1.29 is 9.90 Å². The Balaban J connectivity index is 2.03. The predicted molar refractivity (Wildman–Crippen MR) is 64.0 cm³/mol. The van der Waals surface area contributed by atoms with Crippen molar-refractivity contribution in [1.82, 2.24) is 14.7 Å². The highest BCUT2D eigenvalue weighted by molar-refractivity contribution is 5.69. The van der Waals surface area contributed by atoms with Crippen LogP contribution in [0.3, 0.4) is 0 Å². The van der Waals surface area contributed by atoms with Gasteiger partial charge in [0.1, 0.15) is 0 Å². The molecule has 0 saturated carbocycles. The molecule has 2 rings (SSSR count). The predicted octanol–water partition coefficient (Wildman–Crippen LogP) is 1.17. The van der Waals surface area contributed by atoms with Gasteiger partial charge in [-0.1, -0.05) is 6.92 Å². The second-order valence-corrected chi connectivity index (χ2v) is 4.50. The number of nitrogens with zero attached hydrogens (tertiary/aromatic N) is 3. The number of carbonyl (C=O) groups is 1. The van der Waals surface area contributed by atoms with Crippen molar-refractivity contribution >= 4 is 5.97 Å². The lowest BCUT2D eigenvalue weighted by atomic mass is 10.0. The largest absolute Gasteiger partial charge is 0.481 e. The molecule has 1 N–H and O–H groups in total. The normalized spacial score (nSPS) is 18.4. The zero-order valence-corrected chi connectivity index (χ0v) is 10.2. The standard InChI is InChI=1S/C12H19N3O2/c1-2-14-7-4-10(5-8-14)15-11(3-6-13-15)9-12(16)17/h3,6,10H,2,4-5,7-9H2,1H3,(H,16,17). The minimum Gasteiger partial charge on any atom is -0.481 e. The molecule has 1 saturated heterocycles. The number of likely N-dealkylation sites (tertiary alicyclic amines) is 1. The van der Waals surface area contributed by atoms with E-state index in [9.17, 15) is 4.79 Å². The first-order valence-electron chi connectivity index (χ1n) is 6.17. The van der Waals surface area contributed by atoms with Gasteiger partial charge in [-0.2, -0.15) is 5.10 Å². The van der Waals surface area contributed by atoms with E-state index in [2.05, 4.69) is 16.9 Å². The van der Waals surface area contributed by atoms with E-state index in [4.69, 9.17) is 5.11 Å². The Morgan fingerprint density at radius 3 is 2.82 bits per heavy atom. The van der Waals surface area contributed by atoms with Gasteiger partial charge < -0.3 is 10.0 Å². The molecule has 0 aliphatic carbocycles. The molecule has 94 valence electrons. The molecule has 0 unspecified atom stereocenters. The summed E-state index contributed by atoms with van der Waals surface area (Å²) in [6.45, 7) is 5.42. The van der Waals surface area contributed by atoms with Crippen LogP contribution in [-0.4, -0.2) is 45.4 Å². The first kappa shape index (κ1) is 12.1. The summed E-state index contributed by atoms with van der Waals surface area (Å²) in [6.07, 6.45) is 3.88. The third-order valence-electron chi connectivity index (χ3n) is 3.43. The van der Waals surface area contributed by atoms with Gasteiger partial charge in [0.05, 0.1) is 12.5 Å². The Morgan fingerprint density at radius 2 is 2.24 bits per heavy atom. The SMILES string of the molecule is CCN1CCC(n2nccc2CC(=O)O)CC1. The number of piperidine rings is 1. The first-order chi connectivity index (χ1) is 8.20. The Labute approximate surface area is 101 Å². The topological polar surface area (TPSA) is 58.4 Å². The number of hydrogen-bond acceptors (Lipinski definition) is 3. The van der Waals surface area contributed by atoms with E-state index in [1.165, 1.54) is 0 Å². The summed E-state index contributed by atoms with van der Waals surface area (Å²) in [5.41, 5.74) is 0.812. The smallest absolute Gasteiger partial charge is 0.309 e. The van der Waals surface area contributed by atoms with Crippen LogP contribution < -0.4 is 0 Å². The van der Waals surface area contributed by atoms with Crippen LogP contribution in [0.25, 0.3) is 0 Å². The van der Waals surface area contributed by atoms with Crippen LogP contribution in [0.5, 0.6) is 0 Å². The van der Waals surface area contributed by atoms with E-state index in [1.54, 1.807) is 12.3 Å². The van der Waals surface area contributed by atoms with Crippen LogP contribution in [0, 0.1) is 0 Å². The van der Waals surface area contributed by atoms with Gasteiger partial charge >= 0.3 is 5.97 Å². The molecule has 0 spiro atoms. The molecular weight excluding hydrogens is 218 g/mol. The summed E-state index contributed by atoms with van der Waals surface area (Å²) in [4.78, 5) is 13.2. The summed E-state index contributed by atoms with van der Waals surface area (Å²) in [5.74, 6) is -0.794.